The van der Waals surface area contributed by atoms with Crippen molar-refractivity contribution in [2.24, 2.45) is 0 Å². The molecule has 2 amide bonds. The normalized spacial score (nSPS) is 12.0. The van der Waals surface area contributed by atoms with Crippen LogP contribution in [0, 0.1) is 5.82 Å². The Labute approximate surface area is 200 Å². The van der Waals surface area contributed by atoms with Gasteiger partial charge in [0.15, 0.2) is 0 Å². The summed E-state index contributed by atoms with van der Waals surface area (Å²) in [6, 6.07) is 11.3. The molecule has 1 N–H and O–H groups in total. The first kappa shape index (κ1) is 27.1. The number of benzene rings is 2. The van der Waals surface area contributed by atoms with Crippen LogP contribution in [0.3, 0.4) is 0 Å². The average molecular weight is 494 g/mol. The van der Waals surface area contributed by atoms with Crippen molar-refractivity contribution in [3.8, 4) is 5.75 Å². The maximum absolute atomic E-state index is 13.5. The largest absolute Gasteiger partial charge is 0.492 e. The van der Waals surface area contributed by atoms with E-state index < -0.39 is 34.3 Å². The summed E-state index contributed by atoms with van der Waals surface area (Å²) in [7, 11) is -3.87. The highest BCUT2D eigenvalue weighted by Gasteiger charge is 2.32. The minimum Gasteiger partial charge on any atom is -0.492 e. The van der Waals surface area contributed by atoms with Gasteiger partial charge in [-0.1, -0.05) is 31.2 Å². The maximum atomic E-state index is 13.5. The van der Waals surface area contributed by atoms with Crippen LogP contribution in [-0.2, 0) is 26.2 Å². The Bertz CT molecular complexity index is 1080. The van der Waals surface area contributed by atoms with Crippen LogP contribution in [0.15, 0.2) is 48.5 Å². The lowest BCUT2D eigenvalue weighted by molar-refractivity contribution is -0.140. The third-order valence-corrected chi connectivity index (χ3v) is 6.24. The number of anilines is 1. The second-order valence-electron chi connectivity index (χ2n) is 7.64. The molecule has 1 atom stereocenters. The fourth-order valence-electron chi connectivity index (χ4n) is 3.53. The number of halogens is 1. The number of rotatable bonds is 12. The molecular weight excluding hydrogens is 461 g/mol. The molecule has 186 valence electrons. The number of amides is 2. The lowest BCUT2D eigenvalue weighted by Crippen LogP contribution is -2.52. The molecule has 10 heteroatoms. The van der Waals surface area contributed by atoms with Crippen molar-refractivity contribution in [3.05, 3.63) is 59.9 Å². The molecule has 0 aromatic heterocycles. The van der Waals surface area contributed by atoms with Crippen LogP contribution < -0.4 is 14.4 Å². The van der Waals surface area contributed by atoms with Gasteiger partial charge in [-0.3, -0.25) is 13.9 Å². The lowest BCUT2D eigenvalue weighted by atomic mass is 10.1. The van der Waals surface area contributed by atoms with Gasteiger partial charge in [0.2, 0.25) is 21.8 Å². The van der Waals surface area contributed by atoms with E-state index in [-0.39, 0.29) is 18.1 Å². The summed E-state index contributed by atoms with van der Waals surface area (Å²) >= 11 is 0. The van der Waals surface area contributed by atoms with Gasteiger partial charge in [0.1, 0.15) is 24.2 Å². The molecule has 0 spiro atoms. The third-order valence-electron chi connectivity index (χ3n) is 5.12. The Hall–Kier alpha value is -3.14. The van der Waals surface area contributed by atoms with Crippen LogP contribution in [0.2, 0.25) is 0 Å². The number of likely N-dealkylation sites (N-methyl/N-ethyl adjacent to an activating group) is 1. The minimum atomic E-state index is -3.87. The molecule has 0 heterocycles. The summed E-state index contributed by atoms with van der Waals surface area (Å²) in [6.07, 6.45) is 1.32. The Morgan fingerprint density at radius 2 is 1.71 bits per heavy atom. The summed E-state index contributed by atoms with van der Waals surface area (Å²) < 4.78 is 45.3. The first-order chi connectivity index (χ1) is 16.1. The van der Waals surface area contributed by atoms with Gasteiger partial charge in [-0.2, -0.15) is 0 Å². The first-order valence-corrected chi connectivity index (χ1v) is 13.0. The number of nitrogens with zero attached hydrogens (tertiary/aromatic N) is 2. The smallest absolute Gasteiger partial charge is 0.244 e. The van der Waals surface area contributed by atoms with Crippen LogP contribution in [0.1, 0.15) is 32.8 Å². The summed E-state index contributed by atoms with van der Waals surface area (Å²) in [4.78, 5) is 27.6. The molecular formula is C24H32FN3O5S. The molecule has 0 saturated heterocycles. The monoisotopic (exact) mass is 493 g/mol. The van der Waals surface area contributed by atoms with Crippen molar-refractivity contribution in [3.63, 3.8) is 0 Å². The molecule has 0 aliphatic rings. The molecule has 34 heavy (non-hydrogen) atoms. The molecule has 0 aliphatic carbocycles. The van der Waals surface area contributed by atoms with E-state index in [0.717, 1.165) is 10.6 Å². The molecule has 0 radical (unpaired) electrons. The van der Waals surface area contributed by atoms with Crippen molar-refractivity contribution in [2.45, 2.75) is 39.8 Å². The Morgan fingerprint density at radius 1 is 1.06 bits per heavy atom. The number of hydrogen-bond donors (Lipinski definition) is 1. The van der Waals surface area contributed by atoms with Crippen molar-refractivity contribution in [1.29, 1.82) is 0 Å². The van der Waals surface area contributed by atoms with Gasteiger partial charge < -0.3 is 15.0 Å². The molecule has 0 aliphatic heterocycles. The zero-order chi connectivity index (χ0) is 25.3. The van der Waals surface area contributed by atoms with E-state index in [4.69, 9.17) is 4.74 Å². The Morgan fingerprint density at radius 3 is 2.26 bits per heavy atom. The molecule has 8 nitrogen and oxygen atoms in total. The third kappa shape index (κ3) is 7.18. The predicted molar refractivity (Wildman–Crippen MR) is 130 cm³/mol. The van der Waals surface area contributed by atoms with Crippen LogP contribution >= 0.6 is 0 Å². The number of ether oxygens (including phenoxy) is 1. The molecule has 2 aromatic carbocycles. The van der Waals surface area contributed by atoms with Crippen LogP contribution in [0.25, 0.3) is 0 Å². The maximum Gasteiger partial charge on any atom is 0.244 e. The van der Waals surface area contributed by atoms with Crippen LogP contribution in [-0.4, -0.2) is 57.1 Å². The topological polar surface area (TPSA) is 96.0 Å². The molecule has 0 fully saturated rings. The van der Waals surface area contributed by atoms with Crippen molar-refractivity contribution in [2.75, 3.05) is 30.3 Å². The van der Waals surface area contributed by atoms with Gasteiger partial charge in [-0.25, -0.2) is 12.8 Å². The SMILES string of the molecule is CCNC(=O)[C@@H](CC)N(Cc1ccc(F)cc1)C(=O)CN(c1ccccc1OCC)S(C)(=O)=O. The zero-order valence-electron chi connectivity index (χ0n) is 20.0. The number of sulfonamides is 1. The fourth-order valence-corrected chi connectivity index (χ4v) is 4.39. The molecule has 0 bridgehead atoms. The summed E-state index contributed by atoms with van der Waals surface area (Å²) in [5.74, 6) is -1.02. The highest BCUT2D eigenvalue weighted by atomic mass is 32.2. The Kier molecular flexibility index (Phi) is 9.85. The Balaban J connectivity index is 2.46. The van der Waals surface area contributed by atoms with Crippen molar-refractivity contribution < 1.29 is 27.1 Å². The minimum absolute atomic E-state index is 0.0134. The van der Waals surface area contributed by atoms with Crippen LogP contribution in [0.4, 0.5) is 10.1 Å². The van der Waals surface area contributed by atoms with Gasteiger partial charge in [0.05, 0.1) is 18.6 Å². The number of carbonyl (C=O) groups is 2. The first-order valence-electron chi connectivity index (χ1n) is 11.1. The number of nitrogens with one attached hydrogen (secondary N) is 1. The molecule has 2 aromatic rings. The van der Waals surface area contributed by atoms with Gasteiger partial charge in [-0.05, 0) is 50.1 Å². The molecule has 2 rings (SSSR count). The van der Waals surface area contributed by atoms with E-state index in [9.17, 15) is 22.4 Å². The molecule has 0 unspecified atom stereocenters. The highest BCUT2D eigenvalue weighted by Crippen LogP contribution is 2.30. The zero-order valence-corrected chi connectivity index (χ0v) is 20.8. The lowest BCUT2D eigenvalue weighted by Gasteiger charge is -2.33. The fraction of sp³-hybridized carbons (Fsp3) is 0.417. The van der Waals surface area contributed by atoms with Gasteiger partial charge in [0, 0.05) is 13.1 Å². The van der Waals surface area contributed by atoms with Gasteiger partial charge in [0.25, 0.3) is 0 Å². The quantitative estimate of drug-likeness (QED) is 0.491. The van der Waals surface area contributed by atoms with Crippen molar-refractivity contribution >= 4 is 27.5 Å². The van der Waals surface area contributed by atoms with E-state index >= 15 is 0 Å². The average Bonchev–Trinajstić information content (AvgIpc) is 2.78. The van der Waals surface area contributed by atoms with E-state index in [2.05, 4.69) is 5.32 Å². The number of hydrogen-bond acceptors (Lipinski definition) is 5. The van der Waals surface area contributed by atoms with E-state index in [1.807, 2.05) is 0 Å². The summed E-state index contributed by atoms with van der Waals surface area (Å²) in [6.45, 7) is 5.49. The van der Waals surface area contributed by atoms with E-state index in [0.29, 0.717) is 30.9 Å². The van der Waals surface area contributed by atoms with Crippen molar-refractivity contribution in [1.82, 2.24) is 10.2 Å². The van der Waals surface area contributed by atoms with Gasteiger partial charge >= 0.3 is 0 Å². The number of carbonyl (C=O) groups excluding carboxylic acids is 2. The van der Waals surface area contributed by atoms with E-state index in [1.54, 1.807) is 45.0 Å². The van der Waals surface area contributed by atoms with Gasteiger partial charge in [-0.15, -0.1) is 0 Å². The standard InChI is InChI=1S/C24H32FN3O5S/c1-5-20(24(30)26-6-2)27(16-18-12-14-19(25)15-13-18)23(29)17-28(34(4,31)32)21-10-8-9-11-22(21)33-7-3/h8-15,20H,5-7,16-17H2,1-4H3,(H,26,30)/t20-/m1/s1. The highest BCUT2D eigenvalue weighted by molar-refractivity contribution is 7.92. The summed E-state index contributed by atoms with van der Waals surface area (Å²) in [5, 5.41) is 2.72. The molecule has 0 saturated carbocycles. The van der Waals surface area contributed by atoms with E-state index in [1.165, 1.54) is 29.2 Å². The number of para-hydroxylation sites is 2. The second kappa shape index (κ2) is 12.4. The predicted octanol–water partition coefficient (Wildman–Crippen LogP) is 2.93. The summed E-state index contributed by atoms with van der Waals surface area (Å²) in [5.41, 5.74) is 0.839. The second-order valence-corrected chi connectivity index (χ2v) is 9.54. The van der Waals surface area contributed by atoms with Crippen LogP contribution in [0.5, 0.6) is 5.75 Å².